The van der Waals surface area contributed by atoms with Crippen LogP contribution in [0.1, 0.15) is 12.0 Å². The molecule has 0 aliphatic heterocycles. The molecule has 0 amide bonds. The lowest BCUT2D eigenvalue weighted by Crippen LogP contribution is -2.35. The third-order valence-corrected chi connectivity index (χ3v) is 3.52. The van der Waals surface area contributed by atoms with Gasteiger partial charge in [-0.25, -0.2) is 4.39 Å². The lowest BCUT2D eigenvalue weighted by molar-refractivity contribution is 0.571. The Morgan fingerprint density at radius 3 is 2.71 bits per heavy atom. The number of thiocarbonyl (C=S) groups is 1. The van der Waals surface area contributed by atoms with Crippen LogP contribution >= 0.6 is 28.1 Å². The molecule has 4 nitrogen and oxygen atoms in total. The van der Waals surface area contributed by atoms with E-state index in [1.165, 1.54) is 12.1 Å². The lowest BCUT2D eigenvalue weighted by Gasteiger charge is -2.10. The summed E-state index contributed by atoms with van der Waals surface area (Å²) >= 11 is 8.55. The van der Waals surface area contributed by atoms with E-state index in [1.54, 1.807) is 18.3 Å². The summed E-state index contributed by atoms with van der Waals surface area (Å²) in [6.07, 6.45) is 4.62. The van der Waals surface area contributed by atoms with Gasteiger partial charge in [0.2, 0.25) is 0 Å². The maximum absolute atomic E-state index is 12.8. The molecular weight excluding hydrogens is 355 g/mol. The summed E-state index contributed by atoms with van der Waals surface area (Å²) in [4.78, 5) is 0. The van der Waals surface area contributed by atoms with Gasteiger partial charge < -0.3 is 10.6 Å². The van der Waals surface area contributed by atoms with Crippen molar-refractivity contribution in [2.75, 3.05) is 6.54 Å². The number of halogens is 2. The molecule has 21 heavy (non-hydrogen) atoms. The number of nitrogens with one attached hydrogen (secondary N) is 2. The first-order valence-electron chi connectivity index (χ1n) is 6.57. The molecule has 0 saturated carbocycles. The number of aryl methyl sites for hydroxylation is 1. The van der Waals surface area contributed by atoms with Crippen LogP contribution in [-0.2, 0) is 13.1 Å². The smallest absolute Gasteiger partial charge is 0.166 e. The number of rotatable bonds is 6. The summed E-state index contributed by atoms with van der Waals surface area (Å²) in [5.74, 6) is -0.232. The molecule has 112 valence electrons. The number of nitrogens with zero attached hydrogens (tertiary/aromatic N) is 2. The summed E-state index contributed by atoms with van der Waals surface area (Å²) in [7, 11) is 0. The third-order valence-electron chi connectivity index (χ3n) is 2.82. The van der Waals surface area contributed by atoms with E-state index in [0.717, 1.165) is 29.5 Å². The Balaban J connectivity index is 1.60. The van der Waals surface area contributed by atoms with E-state index in [1.807, 2.05) is 10.9 Å². The maximum atomic E-state index is 12.8. The Hall–Kier alpha value is -1.47. The van der Waals surface area contributed by atoms with Crippen LogP contribution < -0.4 is 10.6 Å². The molecule has 1 aromatic carbocycles. The van der Waals surface area contributed by atoms with Gasteiger partial charge >= 0.3 is 0 Å². The van der Waals surface area contributed by atoms with Gasteiger partial charge in [-0.05, 0) is 52.3 Å². The molecule has 0 saturated heterocycles. The zero-order valence-electron chi connectivity index (χ0n) is 11.4. The second-order valence-corrected chi connectivity index (χ2v) is 5.84. The molecule has 0 aliphatic carbocycles. The van der Waals surface area contributed by atoms with Crippen molar-refractivity contribution in [3.05, 3.63) is 52.5 Å². The Bertz CT molecular complexity index is 585. The zero-order valence-corrected chi connectivity index (χ0v) is 13.8. The number of hydrogen-bond acceptors (Lipinski definition) is 2. The van der Waals surface area contributed by atoms with Crippen molar-refractivity contribution in [2.24, 2.45) is 0 Å². The molecule has 0 spiro atoms. The van der Waals surface area contributed by atoms with Crippen molar-refractivity contribution in [3.63, 3.8) is 0 Å². The highest BCUT2D eigenvalue weighted by atomic mass is 79.9. The van der Waals surface area contributed by atoms with Crippen molar-refractivity contribution in [1.29, 1.82) is 0 Å². The van der Waals surface area contributed by atoms with Crippen molar-refractivity contribution >= 4 is 33.3 Å². The van der Waals surface area contributed by atoms with Crippen LogP contribution in [0.5, 0.6) is 0 Å². The quantitative estimate of drug-likeness (QED) is 0.605. The number of aromatic nitrogens is 2. The van der Waals surface area contributed by atoms with Crippen molar-refractivity contribution in [1.82, 2.24) is 20.4 Å². The standard InChI is InChI=1S/C14H16BrFN4S/c15-12-9-19-20(10-12)7-1-6-17-14(21)18-8-11-2-4-13(16)5-3-11/h2-5,9-10H,1,6-8H2,(H2,17,18,21). The molecule has 1 aromatic heterocycles. The monoisotopic (exact) mass is 370 g/mol. The van der Waals surface area contributed by atoms with E-state index >= 15 is 0 Å². The highest BCUT2D eigenvalue weighted by molar-refractivity contribution is 9.10. The molecule has 7 heteroatoms. The van der Waals surface area contributed by atoms with Gasteiger partial charge in [-0.1, -0.05) is 12.1 Å². The van der Waals surface area contributed by atoms with Crippen LogP contribution in [-0.4, -0.2) is 21.4 Å². The first-order valence-corrected chi connectivity index (χ1v) is 7.78. The molecular formula is C14H16BrFN4S. The number of benzene rings is 1. The van der Waals surface area contributed by atoms with Gasteiger partial charge in [0.25, 0.3) is 0 Å². The fourth-order valence-corrected chi connectivity index (χ4v) is 2.25. The largest absolute Gasteiger partial charge is 0.363 e. The van der Waals surface area contributed by atoms with Gasteiger partial charge in [-0.15, -0.1) is 0 Å². The predicted octanol–water partition coefficient (Wildman–Crippen LogP) is 2.84. The fraction of sp³-hybridized carbons (Fsp3) is 0.286. The van der Waals surface area contributed by atoms with Gasteiger partial charge in [-0.3, -0.25) is 4.68 Å². The molecule has 2 rings (SSSR count). The van der Waals surface area contributed by atoms with Gasteiger partial charge in [-0.2, -0.15) is 5.10 Å². The summed E-state index contributed by atoms with van der Waals surface area (Å²) < 4.78 is 15.6. The SMILES string of the molecule is Fc1ccc(CNC(=S)NCCCn2cc(Br)cn2)cc1. The minimum absolute atomic E-state index is 0.232. The summed E-state index contributed by atoms with van der Waals surface area (Å²) in [5.41, 5.74) is 0.988. The average Bonchev–Trinajstić information content (AvgIpc) is 2.89. The van der Waals surface area contributed by atoms with Gasteiger partial charge in [0.05, 0.1) is 10.7 Å². The Kier molecular flexibility index (Phi) is 6.13. The van der Waals surface area contributed by atoms with Crippen LogP contribution in [0.3, 0.4) is 0 Å². The molecule has 2 aromatic rings. The summed E-state index contributed by atoms with van der Waals surface area (Å²) in [5, 5.41) is 11.0. The maximum Gasteiger partial charge on any atom is 0.166 e. The van der Waals surface area contributed by atoms with Crippen LogP contribution in [0.15, 0.2) is 41.1 Å². The van der Waals surface area contributed by atoms with E-state index in [0.29, 0.717) is 11.7 Å². The topological polar surface area (TPSA) is 41.9 Å². The lowest BCUT2D eigenvalue weighted by atomic mass is 10.2. The van der Waals surface area contributed by atoms with E-state index in [-0.39, 0.29) is 5.82 Å². The number of hydrogen-bond donors (Lipinski definition) is 2. The van der Waals surface area contributed by atoms with E-state index in [2.05, 4.69) is 31.7 Å². The van der Waals surface area contributed by atoms with Crippen LogP contribution in [0.25, 0.3) is 0 Å². The van der Waals surface area contributed by atoms with E-state index in [4.69, 9.17) is 12.2 Å². The van der Waals surface area contributed by atoms with Crippen molar-refractivity contribution < 1.29 is 4.39 Å². The molecule has 0 aliphatic rings. The van der Waals surface area contributed by atoms with Crippen molar-refractivity contribution in [3.8, 4) is 0 Å². The minimum Gasteiger partial charge on any atom is -0.363 e. The molecule has 2 N–H and O–H groups in total. The first kappa shape index (κ1) is 15.9. The molecule has 0 bridgehead atoms. The average molecular weight is 371 g/mol. The second-order valence-electron chi connectivity index (χ2n) is 4.51. The van der Waals surface area contributed by atoms with Crippen LogP contribution in [0.4, 0.5) is 4.39 Å². The zero-order chi connectivity index (χ0) is 15.1. The van der Waals surface area contributed by atoms with Gasteiger partial charge in [0.1, 0.15) is 5.82 Å². The Morgan fingerprint density at radius 2 is 2.05 bits per heavy atom. The minimum atomic E-state index is -0.232. The fourth-order valence-electron chi connectivity index (χ4n) is 1.75. The summed E-state index contributed by atoms with van der Waals surface area (Å²) in [6, 6.07) is 6.35. The Labute approximate surface area is 136 Å². The van der Waals surface area contributed by atoms with E-state index < -0.39 is 0 Å². The van der Waals surface area contributed by atoms with Crippen LogP contribution in [0.2, 0.25) is 0 Å². The normalized spacial score (nSPS) is 10.4. The van der Waals surface area contributed by atoms with E-state index in [9.17, 15) is 4.39 Å². The molecule has 0 atom stereocenters. The molecule has 0 unspecified atom stereocenters. The summed E-state index contributed by atoms with van der Waals surface area (Å²) in [6.45, 7) is 2.18. The molecule has 1 heterocycles. The van der Waals surface area contributed by atoms with Crippen LogP contribution in [0, 0.1) is 5.82 Å². The first-order chi connectivity index (χ1) is 10.1. The highest BCUT2D eigenvalue weighted by Crippen LogP contribution is 2.06. The predicted molar refractivity (Wildman–Crippen MR) is 88.4 cm³/mol. The second kappa shape index (κ2) is 8.09. The molecule has 0 fully saturated rings. The highest BCUT2D eigenvalue weighted by Gasteiger charge is 1.98. The van der Waals surface area contributed by atoms with Gasteiger partial charge in [0.15, 0.2) is 5.11 Å². The third kappa shape index (κ3) is 5.81. The molecule has 0 radical (unpaired) electrons. The van der Waals surface area contributed by atoms with Crippen molar-refractivity contribution in [2.45, 2.75) is 19.5 Å². The Morgan fingerprint density at radius 1 is 1.29 bits per heavy atom. The van der Waals surface area contributed by atoms with Gasteiger partial charge in [0, 0.05) is 25.8 Å².